The Morgan fingerprint density at radius 2 is 1.86 bits per heavy atom. The first-order chi connectivity index (χ1) is 12.9. The number of carbonyl (C=O) groups excluding carboxylic acids is 2. The van der Waals surface area contributed by atoms with Crippen LogP contribution in [0.3, 0.4) is 0 Å². The Morgan fingerprint density at radius 1 is 1.25 bits per heavy atom. The number of halogens is 2. The van der Waals surface area contributed by atoms with Gasteiger partial charge in [0.05, 0.1) is 22.0 Å². The van der Waals surface area contributed by atoms with Gasteiger partial charge in [0.15, 0.2) is 0 Å². The molecule has 154 valence electrons. The van der Waals surface area contributed by atoms with Crippen LogP contribution < -0.4 is 4.90 Å². The van der Waals surface area contributed by atoms with E-state index in [0.29, 0.717) is 47.5 Å². The fourth-order valence-corrected chi connectivity index (χ4v) is 4.83. The van der Waals surface area contributed by atoms with Crippen molar-refractivity contribution in [3.8, 4) is 0 Å². The molecule has 0 radical (unpaired) electrons. The van der Waals surface area contributed by atoms with E-state index in [0.717, 1.165) is 5.56 Å². The largest absolute Gasteiger partial charge is 0.469 e. The van der Waals surface area contributed by atoms with E-state index < -0.39 is 17.1 Å². The molecule has 1 aliphatic heterocycles. The third-order valence-electron chi connectivity index (χ3n) is 5.80. The van der Waals surface area contributed by atoms with Gasteiger partial charge in [0.2, 0.25) is 0 Å². The highest BCUT2D eigenvalue weighted by Crippen LogP contribution is 2.55. The van der Waals surface area contributed by atoms with Crippen LogP contribution in [-0.4, -0.2) is 36.3 Å². The van der Waals surface area contributed by atoms with Crippen molar-refractivity contribution in [3.63, 3.8) is 0 Å². The molecule has 1 aromatic rings. The van der Waals surface area contributed by atoms with E-state index in [4.69, 9.17) is 21.1 Å². The van der Waals surface area contributed by atoms with E-state index in [1.165, 1.54) is 7.11 Å². The molecule has 2 heterocycles. The lowest BCUT2D eigenvalue weighted by molar-refractivity contribution is -0.154. The average molecular weight is 474 g/mol. The number of hydrogen-bond donors (Lipinski definition) is 0. The van der Waals surface area contributed by atoms with Gasteiger partial charge in [-0.2, -0.15) is 0 Å². The lowest BCUT2D eigenvalue weighted by Gasteiger charge is -2.42. The van der Waals surface area contributed by atoms with Crippen LogP contribution in [0.1, 0.15) is 58.9 Å². The SMILES string of the molecule is COC(=O)[C@]1(C)CC[C@]2(CC1)CN(C(=O)OC(C)(C)C)c1ncc(Br)c(Cl)c12. The second kappa shape index (κ2) is 7.17. The number of hydrogen-bond acceptors (Lipinski definition) is 5. The summed E-state index contributed by atoms with van der Waals surface area (Å²) in [7, 11) is 1.42. The quantitative estimate of drug-likeness (QED) is 0.521. The van der Waals surface area contributed by atoms with E-state index in [2.05, 4.69) is 20.9 Å². The number of esters is 1. The zero-order valence-corrected chi connectivity index (χ0v) is 19.2. The number of amides is 1. The number of anilines is 1. The van der Waals surface area contributed by atoms with Crippen molar-refractivity contribution < 1.29 is 19.1 Å². The number of methoxy groups -OCH3 is 1. The lowest BCUT2D eigenvalue weighted by Crippen LogP contribution is -2.45. The Labute approximate surface area is 179 Å². The van der Waals surface area contributed by atoms with E-state index >= 15 is 0 Å². The van der Waals surface area contributed by atoms with Gasteiger partial charge in [0.1, 0.15) is 11.4 Å². The molecule has 1 spiro atoms. The Bertz CT molecular complexity index is 813. The van der Waals surface area contributed by atoms with Gasteiger partial charge < -0.3 is 9.47 Å². The maximum absolute atomic E-state index is 12.9. The van der Waals surface area contributed by atoms with Crippen molar-refractivity contribution in [2.24, 2.45) is 5.41 Å². The summed E-state index contributed by atoms with van der Waals surface area (Å²) in [4.78, 5) is 31.2. The number of rotatable bonds is 1. The third-order valence-corrected chi connectivity index (χ3v) is 7.02. The Morgan fingerprint density at radius 3 is 2.39 bits per heavy atom. The van der Waals surface area contributed by atoms with Gasteiger partial charge in [-0.1, -0.05) is 11.6 Å². The summed E-state index contributed by atoms with van der Waals surface area (Å²) in [6.45, 7) is 7.89. The van der Waals surface area contributed by atoms with Gasteiger partial charge >= 0.3 is 12.1 Å². The highest BCUT2D eigenvalue weighted by atomic mass is 79.9. The summed E-state index contributed by atoms with van der Waals surface area (Å²) < 4.78 is 11.3. The summed E-state index contributed by atoms with van der Waals surface area (Å²) in [5.41, 5.74) is -0.623. The van der Waals surface area contributed by atoms with Gasteiger partial charge in [-0.05, 0) is 69.3 Å². The first-order valence-corrected chi connectivity index (χ1v) is 10.5. The van der Waals surface area contributed by atoms with Gasteiger partial charge in [0, 0.05) is 23.7 Å². The second-order valence-electron chi connectivity index (χ2n) is 9.02. The maximum atomic E-state index is 12.9. The van der Waals surface area contributed by atoms with Crippen molar-refractivity contribution in [3.05, 3.63) is 21.3 Å². The van der Waals surface area contributed by atoms with Gasteiger partial charge in [-0.3, -0.25) is 9.69 Å². The van der Waals surface area contributed by atoms with Crippen molar-refractivity contribution in [1.82, 2.24) is 4.98 Å². The molecule has 1 saturated carbocycles. The van der Waals surface area contributed by atoms with Crippen molar-refractivity contribution >= 4 is 45.4 Å². The van der Waals surface area contributed by atoms with Gasteiger partial charge in [-0.15, -0.1) is 0 Å². The average Bonchev–Trinajstić information content (AvgIpc) is 2.94. The topological polar surface area (TPSA) is 68.7 Å². The zero-order chi connectivity index (χ0) is 20.9. The van der Waals surface area contributed by atoms with Crippen molar-refractivity contribution in [2.45, 2.75) is 64.4 Å². The first kappa shape index (κ1) is 21.4. The minimum Gasteiger partial charge on any atom is -0.469 e. The summed E-state index contributed by atoms with van der Waals surface area (Å²) in [6, 6.07) is 0. The van der Waals surface area contributed by atoms with E-state index in [1.54, 1.807) is 11.1 Å². The van der Waals surface area contributed by atoms with E-state index in [-0.39, 0.29) is 11.4 Å². The van der Waals surface area contributed by atoms with Crippen LogP contribution >= 0.6 is 27.5 Å². The molecule has 0 bridgehead atoms. The van der Waals surface area contributed by atoms with Crippen molar-refractivity contribution in [1.29, 1.82) is 0 Å². The smallest absolute Gasteiger partial charge is 0.416 e. The third kappa shape index (κ3) is 3.63. The molecular formula is C20H26BrClN2O4. The minimum atomic E-state index is -0.609. The molecule has 3 rings (SSSR count). The highest BCUT2D eigenvalue weighted by Gasteiger charge is 2.53. The number of ether oxygens (including phenoxy) is 2. The van der Waals surface area contributed by atoms with Gasteiger partial charge in [-0.25, -0.2) is 9.78 Å². The summed E-state index contributed by atoms with van der Waals surface area (Å²) in [5, 5.41) is 0.567. The molecule has 1 fully saturated rings. The predicted octanol–water partition coefficient (Wildman–Crippen LogP) is 5.24. The molecule has 8 heteroatoms. The number of nitrogens with zero attached hydrogens (tertiary/aromatic N) is 2. The Balaban J connectivity index is 1.98. The van der Waals surface area contributed by atoms with E-state index in [9.17, 15) is 9.59 Å². The molecule has 0 aromatic carbocycles. The van der Waals surface area contributed by atoms with Crippen molar-refractivity contribution in [2.75, 3.05) is 18.6 Å². The van der Waals surface area contributed by atoms with Crippen LogP contribution in [-0.2, 0) is 19.7 Å². The fraction of sp³-hybridized carbons (Fsp3) is 0.650. The monoisotopic (exact) mass is 472 g/mol. The lowest BCUT2D eigenvalue weighted by atomic mass is 9.62. The van der Waals surface area contributed by atoms with Crippen LogP contribution in [0, 0.1) is 5.41 Å². The van der Waals surface area contributed by atoms with Gasteiger partial charge in [0.25, 0.3) is 0 Å². The molecule has 2 aliphatic rings. The molecular weight excluding hydrogens is 448 g/mol. The molecule has 0 atom stereocenters. The molecule has 1 aliphatic carbocycles. The number of fused-ring (bicyclic) bond motifs is 2. The maximum Gasteiger partial charge on any atom is 0.416 e. The summed E-state index contributed by atoms with van der Waals surface area (Å²) in [6.07, 6.45) is 3.91. The highest BCUT2D eigenvalue weighted by molar-refractivity contribution is 9.10. The Hall–Kier alpha value is -1.34. The number of pyridine rings is 1. The van der Waals surface area contributed by atoms with Crippen LogP contribution in [0.4, 0.5) is 10.6 Å². The molecule has 0 N–H and O–H groups in total. The number of aromatic nitrogens is 1. The van der Waals surface area contributed by atoms with Crippen LogP contribution in [0.2, 0.25) is 5.02 Å². The standard InChI is InChI=1S/C20H26BrClN2O4/c1-18(2,3)28-17(26)24-11-20(13-14(22)12(21)10-23-15(13)24)8-6-19(4,7-9-20)16(25)27-5/h10H,6-9,11H2,1-5H3/t19-,20+. The zero-order valence-electron chi connectivity index (χ0n) is 16.9. The minimum absolute atomic E-state index is 0.192. The van der Waals surface area contributed by atoms with Crippen LogP contribution in [0.15, 0.2) is 10.7 Å². The second-order valence-corrected chi connectivity index (χ2v) is 10.3. The van der Waals surface area contributed by atoms with E-state index in [1.807, 2.05) is 27.7 Å². The molecule has 0 saturated heterocycles. The molecule has 1 amide bonds. The predicted molar refractivity (Wildman–Crippen MR) is 111 cm³/mol. The molecule has 28 heavy (non-hydrogen) atoms. The Kier molecular flexibility index (Phi) is 5.47. The van der Waals surface area contributed by atoms with Crippen LogP contribution in [0.5, 0.6) is 0 Å². The normalized spacial score (nSPS) is 26.9. The number of carbonyl (C=O) groups is 2. The molecule has 6 nitrogen and oxygen atoms in total. The molecule has 1 aromatic heterocycles. The first-order valence-electron chi connectivity index (χ1n) is 9.36. The fourth-order valence-electron chi connectivity index (χ4n) is 4.19. The van der Waals surface area contributed by atoms with Crippen LogP contribution in [0.25, 0.3) is 0 Å². The summed E-state index contributed by atoms with van der Waals surface area (Å²) >= 11 is 10.1. The summed E-state index contributed by atoms with van der Waals surface area (Å²) in [5.74, 6) is 0.354. The molecule has 0 unspecified atom stereocenters.